The number of imidazole rings is 1. The summed E-state index contributed by atoms with van der Waals surface area (Å²) in [4.78, 5) is 12.6. The van der Waals surface area contributed by atoms with Crippen molar-refractivity contribution in [2.75, 3.05) is 0 Å². The Morgan fingerprint density at radius 2 is 2.00 bits per heavy atom. The molecule has 2 heterocycles. The molecule has 0 saturated heterocycles. The van der Waals surface area contributed by atoms with Crippen molar-refractivity contribution in [2.24, 2.45) is 7.05 Å². The van der Waals surface area contributed by atoms with Gasteiger partial charge in [-0.15, -0.1) is 0 Å². The van der Waals surface area contributed by atoms with Crippen LogP contribution in [0, 0.1) is 4.77 Å². The molecule has 2 aromatic heterocycles. The Labute approximate surface area is 136 Å². The first kappa shape index (κ1) is 14.3. The van der Waals surface area contributed by atoms with Gasteiger partial charge in [-0.2, -0.15) is 0 Å². The molecule has 4 nitrogen and oxygen atoms in total. The first-order chi connectivity index (χ1) is 10.1. The van der Waals surface area contributed by atoms with Crippen molar-refractivity contribution >= 4 is 35.6 Å². The third-order valence-electron chi connectivity index (χ3n) is 2.89. The molecule has 0 unspecified atom stereocenters. The van der Waals surface area contributed by atoms with Crippen LogP contribution < -0.4 is 0 Å². The van der Waals surface area contributed by atoms with Crippen molar-refractivity contribution in [3.63, 3.8) is 0 Å². The molecule has 1 N–H and O–H groups in total. The van der Waals surface area contributed by atoms with Gasteiger partial charge < -0.3 is 9.55 Å². The molecule has 0 radical (unpaired) electrons. The van der Waals surface area contributed by atoms with Crippen LogP contribution in [0.15, 0.2) is 52.9 Å². The van der Waals surface area contributed by atoms with E-state index in [1.54, 1.807) is 12.4 Å². The van der Waals surface area contributed by atoms with E-state index >= 15 is 0 Å². The minimum atomic E-state index is 0.448. The van der Waals surface area contributed by atoms with Gasteiger partial charge in [0.15, 0.2) is 9.93 Å². The smallest absolute Gasteiger partial charge is 0.197 e. The van der Waals surface area contributed by atoms with E-state index in [-0.39, 0.29) is 0 Å². The molecular formula is C14H11ClN4S2. The zero-order chi connectivity index (χ0) is 14.8. The highest BCUT2D eigenvalue weighted by Crippen LogP contribution is 2.33. The van der Waals surface area contributed by atoms with Crippen molar-refractivity contribution in [3.8, 4) is 11.3 Å². The van der Waals surface area contributed by atoms with E-state index in [9.17, 15) is 0 Å². The topological polar surface area (TPSA) is 46.5 Å². The molecule has 0 atom stereocenters. The van der Waals surface area contributed by atoms with Crippen molar-refractivity contribution in [3.05, 3.63) is 52.6 Å². The van der Waals surface area contributed by atoms with Gasteiger partial charge in [-0.1, -0.05) is 23.7 Å². The Morgan fingerprint density at radius 3 is 2.67 bits per heavy atom. The van der Waals surface area contributed by atoms with E-state index in [4.69, 9.17) is 23.8 Å². The lowest BCUT2D eigenvalue weighted by molar-refractivity contribution is 0.789. The Balaban J connectivity index is 2.07. The Kier molecular flexibility index (Phi) is 4.10. The molecule has 7 heteroatoms. The fourth-order valence-electron chi connectivity index (χ4n) is 1.84. The van der Waals surface area contributed by atoms with Crippen LogP contribution in [0.25, 0.3) is 11.3 Å². The SMILES string of the molecule is Cn1ccnc1Sc1cnc(=S)[nH]c1-c1ccc(Cl)cc1. The van der Waals surface area contributed by atoms with Crippen LogP contribution in [0.2, 0.25) is 5.02 Å². The first-order valence-corrected chi connectivity index (χ1v) is 7.74. The summed E-state index contributed by atoms with van der Waals surface area (Å²) in [5, 5.41) is 1.59. The molecule has 0 spiro atoms. The first-order valence-electron chi connectivity index (χ1n) is 6.14. The van der Waals surface area contributed by atoms with Gasteiger partial charge in [0, 0.05) is 30.7 Å². The number of nitrogens with zero attached hydrogens (tertiary/aromatic N) is 3. The second-order valence-electron chi connectivity index (χ2n) is 4.36. The van der Waals surface area contributed by atoms with Crippen LogP contribution in [0.5, 0.6) is 0 Å². The normalized spacial score (nSPS) is 10.8. The van der Waals surface area contributed by atoms with Gasteiger partial charge in [-0.25, -0.2) is 9.97 Å². The predicted molar refractivity (Wildman–Crippen MR) is 87.2 cm³/mol. The quantitative estimate of drug-likeness (QED) is 0.723. The lowest BCUT2D eigenvalue weighted by Gasteiger charge is -2.09. The Morgan fingerprint density at radius 1 is 1.24 bits per heavy atom. The van der Waals surface area contributed by atoms with E-state index in [2.05, 4.69) is 15.0 Å². The minimum absolute atomic E-state index is 0.448. The van der Waals surface area contributed by atoms with Crippen molar-refractivity contribution in [1.82, 2.24) is 19.5 Å². The van der Waals surface area contributed by atoms with Gasteiger partial charge >= 0.3 is 0 Å². The van der Waals surface area contributed by atoms with Crippen LogP contribution >= 0.6 is 35.6 Å². The Bertz CT molecular complexity index is 823. The summed E-state index contributed by atoms with van der Waals surface area (Å²) < 4.78 is 2.40. The summed E-state index contributed by atoms with van der Waals surface area (Å²) in [7, 11) is 1.95. The average molecular weight is 335 g/mol. The number of nitrogens with one attached hydrogen (secondary N) is 1. The van der Waals surface area contributed by atoms with Gasteiger partial charge in [0.2, 0.25) is 0 Å². The molecule has 0 fully saturated rings. The molecule has 1 aromatic carbocycles. The van der Waals surface area contributed by atoms with Gasteiger partial charge in [0.05, 0.1) is 10.6 Å². The van der Waals surface area contributed by atoms with Crippen molar-refractivity contribution in [1.29, 1.82) is 0 Å². The fraction of sp³-hybridized carbons (Fsp3) is 0.0714. The van der Waals surface area contributed by atoms with Gasteiger partial charge in [-0.3, -0.25) is 0 Å². The number of hydrogen-bond donors (Lipinski definition) is 1. The van der Waals surface area contributed by atoms with Crippen LogP contribution in [0.1, 0.15) is 0 Å². The van der Waals surface area contributed by atoms with E-state index in [1.807, 2.05) is 42.1 Å². The molecular weight excluding hydrogens is 324 g/mol. The molecule has 106 valence electrons. The number of aryl methyl sites for hydroxylation is 1. The summed E-state index contributed by atoms with van der Waals surface area (Å²) in [6.07, 6.45) is 5.44. The number of aromatic nitrogens is 4. The maximum Gasteiger partial charge on any atom is 0.197 e. The summed E-state index contributed by atoms with van der Waals surface area (Å²) in [6, 6.07) is 7.60. The average Bonchev–Trinajstić information content (AvgIpc) is 2.87. The Hall–Kier alpha value is -1.63. The third-order valence-corrected chi connectivity index (χ3v) is 4.45. The summed E-state index contributed by atoms with van der Waals surface area (Å²) >= 11 is 12.6. The van der Waals surface area contributed by atoms with E-state index in [1.165, 1.54) is 11.8 Å². The number of hydrogen-bond acceptors (Lipinski definition) is 4. The molecule has 0 bridgehead atoms. The lowest BCUT2D eigenvalue weighted by atomic mass is 10.1. The second kappa shape index (κ2) is 6.01. The monoisotopic (exact) mass is 334 g/mol. The lowest BCUT2D eigenvalue weighted by Crippen LogP contribution is -1.94. The molecule has 21 heavy (non-hydrogen) atoms. The highest BCUT2D eigenvalue weighted by molar-refractivity contribution is 7.99. The molecule has 0 saturated carbocycles. The number of rotatable bonds is 3. The summed E-state index contributed by atoms with van der Waals surface area (Å²) in [5.41, 5.74) is 1.92. The van der Waals surface area contributed by atoms with Crippen LogP contribution in [-0.2, 0) is 7.05 Å². The van der Waals surface area contributed by atoms with Crippen LogP contribution in [0.4, 0.5) is 0 Å². The van der Waals surface area contributed by atoms with Crippen molar-refractivity contribution in [2.45, 2.75) is 10.1 Å². The predicted octanol–water partition coefficient (Wildman–Crippen LogP) is 4.34. The van der Waals surface area contributed by atoms with E-state index < -0.39 is 0 Å². The number of aromatic amines is 1. The molecule has 0 aliphatic heterocycles. The fourth-order valence-corrected chi connectivity index (χ4v) is 3.01. The maximum absolute atomic E-state index is 5.94. The molecule has 0 aliphatic rings. The molecule has 3 aromatic rings. The van der Waals surface area contributed by atoms with Gasteiger partial charge in [0.25, 0.3) is 0 Å². The van der Waals surface area contributed by atoms with Gasteiger partial charge in [0.1, 0.15) is 0 Å². The molecule has 0 amide bonds. The van der Waals surface area contributed by atoms with Gasteiger partial charge in [-0.05, 0) is 41.7 Å². The molecule has 3 rings (SSSR count). The summed E-state index contributed by atoms with van der Waals surface area (Å²) in [5.74, 6) is 0. The van der Waals surface area contributed by atoms with Crippen LogP contribution in [0.3, 0.4) is 0 Å². The van der Waals surface area contributed by atoms with E-state index in [0.29, 0.717) is 9.79 Å². The molecule has 0 aliphatic carbocycles. The zero-order valence-electron chi connectivity index (χ0n) is 11.1. The minimum Gasteiger partial charge on any atom is -0.329 e. The largest absolute Gasteiger partial charge is 0.329 e. The summed E-state index contributed by atoms with van der Waals surface area (Å²) in [6.45, 7) is 0. The maximum atomic E-state index is 5.94. The van der Waals surface area contributed by atoms with Crippen molar-refractivity contribution < 1.29 is 0 Å². The number of halogens is 1. The van der Waals surface area contributed by atoms with Crippen LogP contribution in [-0.4, -0.2) is 19.5 Å². The standard InChI is InChI=1S/C14H11ClN4S2/c1-19-7-6-16-14(19)21-11-8-17-13(20)18-12(11)9-2-4-10(15)5-3-9/h2-8H,1H3,(H,17,18,20). The van der Waals surface area contributed by atoms with E-state index in [0.717, 1.165) is 21.3 Å². The third kappa shape index (κ3) is 3.18. The highest BCUT2D eigenvalue weighted by Gasteiger charge is 2.10. The zero-order valence-corrected chi connectivity index (χ0v) is 13.5. The number of benzene rings is 1. The number of H-pyrrole nitrogens is 1. The second-order valence-corrected chi connectivity index (χ2v) is 6.19. The highest BCUT2D eigenvalue weighted by atomic mass is 35.5.